The van der Waals surface area contributed by atoms with Crippen molar-refractivity contribution in [1.82, 2.24) is 10.2 Å². The van der Waals surface area contributed by atoms with Gasteiger partial charge in [-0.05, 0) is 31.3 Å². The molecule has 5 nitrogen and oxygen atoms in total. The van der Waals surface area contributed by atoms with E-state index in [1.807, 2.05) is 13.8 Å². The van der Waals surface area contributed by atoms with Crippen LogP contribution in [0.3, 0.4) is 0 Å². The number of anilines is 1. The molecule has 2 N–H and O–H groups in total. The largest absolute Gasteiger partial charge is 0.416 e. The van der Waals surface area contributed by atoms with Gasteiger partial charge < -0.3 is 15.5 Å². The molecule has 0 unspecified atom stereocenters. The lowest BCUT2D eigenvalue weighted by atomic mass is 10.2. The Morgan fingerprint density at radius 1 is 1.32 bits per heavy atom. The Labute approximate surface area is 145 Å². The van der Waals surface area contributed by atoms with E-state index in [9.17, 15) is 18.0 Å². The highest BCUT2D eigenvalue weighted by Gasteiger charge is 2.30. The molecule has 0 aromatic heterocycles. The molecular formula is C17H21F3N4O. The molecule has 8 heteroatoms. The molecule has 1 amide bonds. The predicted octanol–water partition coefficient (Wildman–Crippen LogP) is 2.98. The van der Waals surface area contributed by atoms with Crippen LogP contribution in [0.4, 0.5) is 18.9 Å². The van der Waals surface area contributed by atoms with Gasteiger partial charge in [-0.2, -0.15) is 18.4 Å². The van der Waals surface area contributed by atoms with Gasteiger partial charge in [-0.25, -0.2) is 0 Å². The van der Waals surface area contributed by atoms with Crippen LogP contribution in [0.25, 0.3) is 0 Å². The zero-order valence-electron chi connectivity index (χ0n) is 14.2. The summed E-state index contributed by atoms with van der Waals surface area (Å²) in [6.45, 7) is 7.14. The molecule has 0 heterocycles. The Bertz CT molecular complexity index is 646. The maximum Gasteiger partial charge on any atom is 0.416 e. The number of amides is 1. The van der Waals surface area contributed by atoms with Gasteiger partial charge in [0, 0.05) is 25.0 Å². The molecule has 0 atom stereocenters. The lowest BCUT2D eigenvalue weighted by Gasteiger charge is -2.17. The van der Waals surface area contributed by atoms with E-state index in [1.165, 1.54) is 18.3 Å². The van der Waals surface area contributed by atoms with Gasteiger partial charge in [0.05, 0.1) is 5.56 Å². The molecule has 1 aromatic carbocycles. The van der Waals surface area contributed by atoms with Crippen LogP contribution >= 0.6 is 0 Å². The van der Waals surface area contributed by atoms with Gasteiger partial charge in [0.1, 0.15) is 11.6 Å². The van der Waals surface area contributed by atoms with Crippen LogP contribution in [0.15, 0.2) is 36.0 Å². The van der Waals surface area contributed by atoms with E-state index in [4.69, 9.17) is 5.26 Å². The molecule has 0 fully saturated rings. The molecule has 25 heavy (non-hydrogen) atoms. The zero-order chi connectivity index (χ0) is 18.9. The van der Waals surface area contributed by atoms with Crippen molar-refractivity contribution in [3.63, 3.8) is 0 Å². The highest BCUT2D eigenvalue weighted by molar-refractivity contribution is 6.06. The summed E-state index contributed by atoms with van der Waals surface area (Å²) in [5.41, 5.74) is -1.11. The van der Waals surface area contributed by atoms with E-state index in [0.29, 0.717) is 6.54 Å². The number of rotatable bonds is 8. The molecule has 1 aromatic rings. The minimum absolute atomic E-state index is 0.0240. The van der Waals surface area contributed by atoms with E-state index in [2.05, 4.69) is 15.5 Å². The fourth-order valence-corrected chi connectivity index (χ4v) is 2.06. The highest BCUT2D eigenvalue weighted by Crippen LogP contribution is 2.30. The maximum atomic E-state index is 12.7. The number of likely N-dealkylation sites (N-methyl/N-ethyl adjacent to an activating group) is 1. The van der Waals surface area contributed by atoms with Crippen molar-refractivity contribution in [3.05, 3.63) is 41.6 Å². The van der Waals surface area contributed by atoms with Crippen LogP contribution in [0.5, 0.6) is 0 Å². The molecular weight excluding hydrogens is 333 g/mol. The summed E-state index contributed by atoms with van der Waals surface area (Å²) in [5.74, 6) is -0.767. The van der Waals surface area contributed by atoms with Crippen molar-refractivity contribution >= 4 is 11.6 Å². The summed E-state index contributed by atoms with van der Waals surface area (Å²) in [4.78, 5) is 14.2. The lowest BCUT2D eigenvalue weighted by molar-refractivity contribution is -0.137. The third kappa shape index (κ3) is 6.85. The van der Waals surface area contributed by atoms with Crippen LogP contribution in [0, 0.1) is 11.3 Å². The molecule has 1 rings (SSSR count). The second-order valence-electron chi connectivity index (χ2n) is 5.18. The average Bonchev–Trinajstić information content (AvgIpc) is 2.57. The Hall–Kier alpha value is -2.53. The fourth-order valence-electron chi connectivity index (χ4n) is 2.06. The second-order valence-corrected chi connectivity index (χ2v) is 5.18. The van der Waals surface area contributed by atoms with Crippen molar-refractivity contribution in [1.29, 1.82) is 5.26 Å². The summed E-state index contributed by atoms with van der Waals surface area (Å²) in [7, 11) is 0. The lowest BCUT2D eigenvalue weighted by Crippen LogP contribution is -2.30. The maximum absolute atomic E-state index is 12.7. The fraction of sp³-hybridized carbons (Fsp3) is 0.412. The molecule has 0 aliphatic carbocycles. The van der Waals surface area contributed by atoms with Gasteiger partial charge in [0.25, 0.3) is 5.91 Å². The number of hydrogen-bond donors (Lipinski definition) is 2. The first-order chi connectivity index (χ1) is 11.8. The van der Waals surface area contributed by atoms with E-state index < -0.39 is 17.6 Å². The number of nitrogens with zero attached hydrogens (tertiary/aromatic N) is 2. The molecule has 0 radical (unpaired) electrons. The van der Waals surface area contributed by atoms with Gasteiger partial charge in [-0.1, -0.05) is 19.9 Å². The number of benzene rings is 1. The molecule has 0 spiro atoms. The molecule has 0 saturated carbocycles. The highest BCUT2D eigenvalue weighted by atomic mass is 19.4. The molecule has 136 valence electrons. The molecule has 0 saturated heterocycles. The van der Waals surface area contributed by atoms with Crippen LogP contribution in [-0.2, 0) is 11.0 Å². The summed E-state index contributed by atoms with van der Waals surface area (Å²) >= 11 is 0. The van der Waals surface area contributed by atoms with Gasteiger partial charge >= 0.3 is 6.18 Å². The van der Waals surface area contributed by atoms with E-state index >= 15 is 0 Å². The van der Waals surface area contributed by atoms with Crippen LogP contribution in [0.2, 0.25) is 0 Å². The third-order valence-electron chi connectivity index (χ3n) is 3.53. The van der Waals surface area contributed by atoms with Crippen molar-refractivity contribution in [3.8, 4) is 6.07 Å². The number of halogens is 3. The second kappa shape index (κ2) is 9.69. The minimum Gasteiger partial charge on any atom is -0.388 e. The number of nitrogens with one attached hydrogen (secondary N) is 2. The van der Waals surface area contributed by atoms with E-state index in [0.717, 1.165) is 31.8 Å². The molecule has 0 aliphatic heterocycles. The quantitative estimate of drug-likeness (QED) is 0.428. The van der Waals surface area contributed by atoms with Gasteiger partial charge in [0.2, 0.25) is 0 Å². The monoisotopic (exact) mass is 354 g/mol. The Morgan fingerprint density at radius 2 is 2.00 bits per heavy atom. The van der Waals surface area contributed by atoms with Crippen molar-refractivity contribution in [2.45, 2.75) is 20.0 Å². The summed E-state index contributed by atoms with van der Waals surface area (Å²) in [6, 6.07) is 5.98. The Kier molecular flexibility index (Phi) is 7.95. The topological polar surface area (TPSA) is 68.2 Å². The number of nitriles is 1. The normalized spacial score (nSPS) is 12.0. The summed E-state index contributed by atoms with van der Waals surface area (Å²) in [6.07, 6.45) is -3.23. The van der Waals surface area contributed by atoms with Crippen molar-refractivity contribution < 1.29 is 18.0 Å². The van der Waals surface area contributed by atoms with Crippen LogP contribution in [0.1, 0.15) is 19.4 Å². The minimum atomic E-state index is -4.50. The Morgan fingerprint density at radius 3 is 2.56 bits per heavy atom. The van der Waals surface area contributed by atoms with Crippen LogP contribution < -0.4 is 10.6 Å². The number of hydrogen-bond acceptors (Lipinski definition) is 4. The Balaban J connectivity index is 2.68. The standard InChI is InChI=1S/C17H21F3N4O/c1-3-24(4-2)9-8-22-12-13(11-21)16(25)23-15-7-5-6-14(10-15)17(18,19)20/h5-7,10,12,22H,3-4,8-9H2,1-2H3,(H,23,25)/b13-12-. The molecule has 0 aliphatic rings. The van der Waals surface area contributed by atoms with E-state index in [1.54, 1.807) is 6.07 Å². The first-order valence-corrected chi connectivity index (χ1v) is 7.86. The first kappa shape index (κ1) is 20.5. The number of alkyl halides is 3. The molecule has 0 bridgehead atoms. The number of carbonyl (C=O) groups is 1. The van der Waals surface area contributed by atoms with Crippen molar-refractivity contribution in [2.75, 3.05) is 31.5 Å². The van der Waals surface area contributed by atoms with Gasteiger partial charge in [-0.15, -0.1) is 0 Å². The first-order valence-electron chi connectivity index (χ1n) is 7.86. The van der Waals surface area contributed by atoms with Crippen molar-refractivity contribution in [2.24, 2.45) is 0 Å². The SMILES string of the molecule is CCN(CC)CCN/C=C(/C#N)C(=O)Nc1cccc(C(F)(F)F)c1. The average molecular weight is 354 g/mol. The third-order valence-corrected chi connectivity index (χ3v) is 3.53. The van der Waals surface area contributed by atoms with Crippen LogP contribution in [-0.4, -0.2) is 37.0 Å². The van der Waals surface area contributed by atoms with Gasteiger partial charge in [0.15, 0.2) is 0 Å². The summed E-state index contributed by atoms with van der Waals surface area (Å²) in [5, 5.41) is 14.2. The smallest absolute Gasteiger partial charge is 0.388 e. The predicted molar refractivity (Wildman–Crippen MR) is 89.6 cm³/mol. The van der Waals surface area contributed by atoms with Gasteiger partial charge in [-0.3, -0.25) is 4.79 Å². The summed E-state index contributed by atoms with van der Waals surface area (Å²) < 4.78 is 38.0. The van der Waals surface area contributed by atoms with E-state index in [-0.39, 0.29) is 11.3 Å². The zero-order valence-corrected chi connectivity index (χ0v) is 14.2. The number of carbonyl (C=O) groups excluding carboxylic acids is 1.